The van der Waals surface area contributed by atoms with Gasteiger partial charge in [0.25, 0.3) is 0 Å². The molecule has 0 aliphatic heterocycles. The molecule has 0 N–H and O–H groups in total. The minimum Gasteiger partial charge on any atom is -0.490 e. The maximum Gasteiger partial charge on any atom is 0.348 e. The average Bonchev–Trinajstić information content (AvgIpc) is 2.76. The van der Waals surface area contributed by atoms with Crippen LogP contribution in [0.4, 0.5) is 0 Å². The van der Waals surface area contributed by atoms with E-state index < -0.39 is 5.97 Å². The van der Waals surface area contributed by atoms with Gasteiger partial charge < -0.3 is 18.9 Å². The molecule has 2 rings (SSSR count). The van der Waals surface area contributed by atoms with E-state index in [2.05, 4.69) is 32.9 Å². The fourth-order valence-electron chi connectivity index (χ4n) is 2.94. The van der Waals surface area contributed by atoms with Crippen LogP contribution in [0.2, 0.25) is 5.02 Å². The van der Waals surface area contributed by atoms with Crippen LogP contribution in [0.25, 0.3) is 6.08 Å². The van der Waals surface area contributed by atoms with Gasteiger partial charge in [0.1, 0.15) is 30.6 Å². The molecule has 0 bridgehead atoms. The molecular weight excluding hydrogens is 442 g/mol. The average molecular weight is 472 g/mol. The molecular formula is C26H30ClNO5. The number of nitrogens with zero attached hydrogens (tertiary/aromatic N) is 1. The highest BCUT2D eigenvalue weighted by molar-refractivity contribution is 6.32. The van der Waals surface area contributed by atoms with Crippen LogP contribution >= 0.6 is 11.6 Å². The molecule has 0 spiro atoms. The van der Waals surface area contributed by atoms with E-state index in [-0.39, 0.29) is 24.2 Å². The molecule has 176 valence electrons. The standard InChI is InChI=1S/C26H30ClNO5/c1-6-30-23-16-18(14-19(17-28)25(29)31-7-2)15-22(27)24(23)33-13-12-32-21-10-8-20(9-11-21)26(3,4)5/h8-11,14-16H,6-7,12-13H2,1-5H3/b19-14+. The normalized spacial score (nSPS) is 11.5. The quantitative estimate of drug-likeness (QED) is 0.184. The monoisotopic (exact) mass is 471 g/mol. The first-order valence-electron chi connectivity index (χ1n) is 10.8. The molecule has 0 radical (unpaired) electrons. The second-order valence-electron chi connectivity index (χ2n) is 8.12. The topological polar surface area (TPSA) is 77.8 Å². The molecule has 0 saturated carbocycles. The van der Waals surface area contributed by atoms with E-state index in [0.29, 0.717) is 35.3 Å². The first-order valence-corrected chi connectivity index (χ1v) is 11.2. The van der Waals surface area contributed by atoms with Crippen LogP contribution in [-0.2, 0) is 14.9 Å². The Balaban J connectivity index is 2.09. The van der Waals surface area contributed by atoms with Crippen molar-refractivity contribution in [2.45, 2.75) is 40.0 Å². The van der Waals surface area contributed by atoms with Crippen LogP contribution < -0.4 is 14.2 Å². The third kappa shape index (κ3) is 7.73. The Bertz CT molecular complexity index is 1020. The van der Waals surface area contributed by atoms with Crippen molar-refractivity contribution in [3.05, 3.63) is 58.1 Å². The van der Waals surface area contributed by atoms with Crippen molar-refractivity contribution in [1.29, 1.82) is 5.26 Å². The van der Waals surface area contributed by atoms with Crippen LogP contribution in [0.5, 0.6) is 17.2 Å². The van der Waals surface area contributed by atoms with E-state index in [9.17, 15) is 10.1 Å². The summed E-state index contributed by atoms with van der Waals surface area (Å²) in [5.74, 6) is 0.845. The summed E-state index contributed by atoms with van der Waals surface area (Å²) >= 11 is 6.42. The van der Waals surface area contributed by atoms with Crippen molar-refractivity contribution >= 4 is 23.6 Å². The molecule has 0 aliphatic carbocycles. The van der Waals surface area contributed by atoms with Gasteiger partial charge >= 0.3 is 5.97 Å². The molecule has 33 heavy (non-hydrogen) atoms. The maximum atomic E-state index is 11.9. The number of esters is 1. The summed E-state index contributed by atoms with van der Waals surface area (Å²) in [4.78, 5) is 11.9. The Hall–Kier alpha value is -3.17. The Kier molecular flexibility index (Phi) is 9.62. The van der Waals surface area contributed by atoms with Gasteiger partial charge in [-0.2, -0.15) is 5.26 Å². The van der Waals surface area contributed by atoms with E-state index in [4.69, 9.17) is 30.5 Å². The first-order chi connectivity index (χ1) is 15.7. The summed E-state index contributed by atoms with van der Waals surface area (Å²) in [5.41, 5.74) is 1.71. The molecule has 0 amide bonds. The molecule has 0 fully saturated rings. The zero-order chi connectivity index (χ0) is 24.4. The van der Waals surface area contributed by atoms with E-state index in [0.717, 1.165) is 5.75 Å². The van der Waals surface area contributed by atoms with Crippen LogP contribution in [0.1, 0.15) is 45.7 Å². The lowest BCUT2D eigenvalue weighted by atomic mass is 9.87. The van der Waals surface area contributed by atoms with Gasteiger partial charge in [0.05, 0.1) is 18.2 Å². The SMILES string of the molecule is CCOC(=O)/C(C#N)=C/c1cc(Cl)c(OCCOc2ccc(C(C)(C)C)cc2)c(OCC)c1. The van der Waals surface area contributed by atoms with Crippen molar-refractivity contribution in [3.63, 3.8) is 0 Å². The van der Waals surface area contributed by atoms with Crippen molar-refractivity contribution in [2.24, 2.45) is 0 Å². The number of hydrogen-bond donors (Lipinski definition) is 0. The number of halogens is 1. The minimum atomic E-state index is -0.693. The Labute approximate surface area is 200 Å². The Morgan fingerprint density at radius 2 is 1.70 bits per heavy atom. The van der Waals surface area contributed by atoms with E-state index in [1.165, 1.54) is 11.6 Å². The van der Waals surface area contributed by atoms with Gasteiger partial charge in [-0.25, -0.2) is 4.79 Å². The van der Waals surface area contributed by atoms with Crippen molar-refractivity contribution in [3.8, 4) is 23.3 Å². The zero-order valence-electron chi connectivity index (χ0n) is 19.7. The van der Waals surface area contributed by atoms with E-state index in [1.807, 2.05) is 25.1 Å². The number of benzene rings is 2. The highest BCUT2D eigenvalue weighted by Crippen LogP contribution is 2.37. The summed E-state index contributed by atoms with van der Waals surface area (Å²) in [6.45, 7) is 11.1. The third-order valence-electron chi connectivity index (χ3n) is 4.58. The molecule has 0 heterocycles. The van der Waals surface area contributed by atoms with Gasteiger partial charge in [-0.1, -0.05) is 44.5 Å². The lowest BCUT2D eigenvalue weighted by Crippen LogP contribution is -2.12. The molecule has 0 aliphatic rings. The zero-order valence-corrected chi connectivity index (χ0v) is 20.5. The van der Waals surface area contributed by atoms with Crippen LogP contribution in [0.15, 0.2) is 42.0 Å². The first kappa shape index (κ1) is 26.1. The van der Waals surface area contributed by atoms with Crippen LogP contribution in [0, 0.1) is 11.3 Å². The van der Waals surface area contributed by atoms with Crippen molar-refractivity contribution in [1.82, 2.24) is 0 Å². The number of ether oxygens (including phenoxy) is 4. The largest absolute Gasteiger partial charge is 0.490 e. The molecule has 0 aromatic heterocycles. The lowest BCUT2D eigenvalue weighted by molar-refractivity contribution is -0.137. The van der Waals surface area contributed by atoms with E-state index >= 15 is 0 Å². The van der Waals surface area contributed by atoms with Crippen molar-refractivity contribution < 1.29 is 23.7 Å². The molecule has 6 nitrogen and oxygen atoms in total. The second kappa shape index (κ2) is 12.2. The Morgan fingerprint density at radius 3 is 2.27 bits per heavy atom. The van der Waals surface area contributed by atoms with Crippen LogP contribution in [0.3, 0.4) is 0 Å². The molecule has 0 saturated heterocycles. The Morgan fingerprint density at radius 1 is 1.03 bits per heavy atom. The number of rotatable bonds is 10. The summed E-state index contributed by atoms with van der Waals surface area (Å²) < 4.78 is 22.2. The number of carbonyl (C=O) groups excluding carboxylic acids is 1. The highest BCUT2D eigenvalue weighted by atomic mass is 35.5. The molecule has 2 aromatic carbocycles. The van der Waals surface area contributed by atoms with E-state index in [1.54, 1.807) is 19.1 Å². The number of carbonyl (C=O) groups is 1. The summed E-state index contributed by atoms with van der Waals surface area (Å²) in [6.07, 6.45) is 1.40. The molecule has 7 heteroatoms. The smallest absolute Gasteiger partial charge is 0.348 e. The van der Waals surface area contributed by atoms with Gasteiger partial charge in [-0.05, 0) is 60.7 Å². The lowest BCUT2D eigenvalue weighted by Gasteiger charge is -2.19. The highest BCUT2D eigenvalue weighted by Gasteiger charge is 2.16. The van der Waals surface area contributed by atoms with Gasteiger partial charge in [-0.3, -0.25) is 0 Å². The van der Waals surface area contributed by atoms with Gasteiger partial charge in [0.2, 0.25) is 0 Å². The van der Waals surface area contributed by atoms with Crippen molar-refractivity contribution in [2.75, 3.05) is 26.4 Å². The second-order valence-corrected chi connectivity index (χ2v) is 8.53. The fourth-order valence-corrected chi connectivity index (χ4v) is 3.21. The summed E-state index contributed by atoms with van der Waals surface area (Å²) in [6, 6.07) is 13.1. The number of nitriles is 1. The predicted octanol–water partition coefficient (Wildman–Crippen LogP) is 5.96. The van der Waals surface area contributed by atoms with Crippen LogP contribution in [-0.4, -0.2) is 32.4 Å². The molecule has 0 unspecified atom stereocenters. The fraction of sp³-hybridized carbons (Fsp3) is 0.385. The summed E-state index contributed by atoms with van der Waals surface area (Å²) in [7, 11) is 0. The van der Waals surface area contributed by atoms with Gasteiger partial charge in [-0.15, -0.1) is 0 Å². The number of hydrogen-bond acceptors (Lipinski definition) is 6. The predicted molar refractivity (Wildman–Crippen MR) is 129 cm³/mol. The molecule has 0 atom stereocenters. The van der Waals surface area contributed by atoms with Gasteiger partial charge in [0.15, 0.2) is 11.5 Å². The summed E-state index contributed by atoms with van der Waals surface area (Å²) in [5, 5.41) is 9.55. The minimum absolute atomic E-state index is 0.0831. The molecule has 2 aromatic rings. The van der Waals surface area contributed by atoms with Gasteiger partial charge in [0, 0.05) is 0 Å². The maximum absolute atomic E-state index is 11.9. The third-order valence-corrected chi connectivity index (χ3v) is 4.86.